The minimum Gasteiger partial charge on any atom is -0.339 e. The summed E-state index contributed by atoms with van der Waals surface area (Å²) in [4.78, 5) is 3.92. The Morgan fingerprint density at radius 2 is 2.19 bits per heavy atom. The van der Waals surface area contributed by atoms with Crippen molar-refractivity contribution >= 4 is 10.0 Å². The third-order valence-electron chi connectivity index (χ3n) is 3.04. The van der Waals surface area contributed by atoms with E-state index in [1.807, 2.05) is 13.8 Å². The molecule has 5 nitrogen and oxygen atoms in total. The number of imidazole rings is 1. The highest BCUT2D eigenvalue weighted by molar-refractivity contribution is 7.89. The molecule has 0 aromatic carbocycles. The Balaban J connectivity index is 2.27. The average molecular weight is 243 g/mol. The molecule has 0 radical (unpaired) electrons. The SMILES string of the molecule is CC(C)C1CCN1S(=O)(=O)c1cn(C)cn1. The van der Waals surface area contributed by atoms with Crippen LogP contribution in [0.1, 0.15) is 20.3 Å². The van der Waals surface area contributed by atoms with Crippen LogP contribution in [0.2, 0.25) is 0 Å². The number of aryl methyl sites for hydroxylation is 1. The third kappa shape index (κ3) is 1.76. The standard InChI is InChI=1S/C10H17N3O2S/c1-8(2)9-4-5-13(9)16(14,15)10-6-12(3)7-11-10/h6-9H,4-5H2,1-3H3. The number of rotatable bonds is 3. The van der Waals surface area contributed by atoms with Gasteiger partial charge in [0.15, 0.2) is 5.03 Å². The molecule has 16 heavy (non-hydrogen) atoms. The second kappa shape index (κ2) is 3.85. The van der Waals surface area contributed by atoms with Crippen LogP contribution < -0.4 is 0 Å². The number of sulfonamides is 1. The summed E-state index contributed by atoms with van der Waals surface area (Å²) < 4.78 is 27.6. The molecule has 0 aliphatic carbocycles. The Bertz CT molecular complexity index is 478. The van der Waals surface area contributed by atoms with Gasteiger partial charge in [0.25, 0.3) is 10.0 Å². The van der Waals surface area contributed by atoms with E-state index in [4.69, 9.17) is 0 Å². The number of aromatic nitrogens is 2. The molecule has 6 heteroatoms. The monoisotopic (exact) mass is 243 g/mol. The van der Waals surface area contributed by atoms with E-state index in [-0.39, 0.29) is 11.1 Å². The van der Waals surface area contributed by atoms with Crippen molar-refractivity contribution in [3.63, 3.8) is 0 Å². The highest BCUT2D eigenvalue weighted by Crippen LogP contribution is 2.30. The first-order chi connectivity index (χ1) is 7.43. The van der Waals surface area contributed by atoms with Gasteiger partial charge in [0.05, 0.1) is 6.33 Å². The fourth-order valence-corrected chi connectivity index (χ4v) is 3.76. The predicted octanol–water partition coefficient (Wildman–Crippen LogP) is 0.839. The van der Waals surface area contributed by atoms with Gasteiger partial charge < -0.3 is 4.57 Å². The van der Waals surface area contributed by atoms with Gasteiger partial charge in [0.2, 0.25) is 0 Å². The summed E-state index contributed by atoms with van der Waals surface area (Å²) in [6.45, 7) is 4.71. The van der Waals surface area contributed by atoms with Crippen LogP contribution in [0, 0.1) is 5.92 Å². The molecule has 0 spiro atoms. The van der Waals surface area contributed by atoms with Crippen molar-refractivity contribution in [1.29, 1.82) is 0 Å². The van der Waals surface area contributed by atoms with Gasteiger partial charge in [-0.3, -0.25) is 0 Å². The first-order valence-electron chi connectivity index (χ1n) is 5.42. The summed E-state index contributed by atoms with van der Waals surface area (Å²) in [7, 11) is -1.61. The average Bonchev–Trinajstić information content (AvgIpc) is 2.47. The lowest BCUT2D eigenvalue weighted by Crippen LogP contribution is -2.53. The van der Waals surface area contributed by atoms with Crippen LogP contribution >= 0.6 is 0 Å². The number of nitrogens with zero attached hydrogens (tertiary/aromatic N) is 3. The smallest absolute Gasteiger partial charge is 0.262 e. The van der Waals surface area contributed by atoms with Gasteiger partial charge in [-0.15, -0.1) is 0 Å². The van der Waals surface area contributed by atoms with Gasteiger partial charge in [-0.25, -0.2) is 13.4 Å². The van der Waals surface area contributed by atoms with E-state index >= 15 is 0 Å². The van der Waals surface area contributed by atoms with Crippen molar-refractivity contribution in [3.05, 3.63) is 12.5 Å². The maximum Gasteiger partial charge on any atom is 0.262 e. The van der Waals surface area contributed by atoms with Crippen molar-refractivity contribution < 1.29 is 8.42 Å². The summed E-state index contributed by atoms with van der Waals surface area (Å²) in [6.07, 6.45) is 4.01. The van der Waals surface area contributed by atoms with E-state index in [1.54, 1.807) is 22.1 Å². The van der Waals surface area contributed by atoms with Gasteiger partial charge in [-0.2, -0.15) is 4.31 Å². The fraction of sp³-hybridized carbons (Fsp3) is 0.700. The van der Waals surface area contributed by atoms with Crippen LogP contribution in [-0.2, 0) is 17.1 Å². The molecule has 1 unspecified atom stereocenters. The van der Waals surface area contributed by atoms with Crippen molar-refractivity contribution in [3.8, 4) is 0 Å². The van der Waals surface area contributed by atoms with Crippen molar-refractivity contribution in [2.24, 2.45) is 13.0 Å². The van der Waals surface area contributed by atoms with E-state index < -0.39 is 10.0 Å². The summed E-state index contributed by atoms with van der Waals surface area (Å²) >= 11 is 0. The van der Waals surface area contributed by atoms with E-state index in [9.17, 15) is 8.42 Å². The molecule has 1 saturated heterocycles. The quantitative estimate of drug-likeness (QED) is 0.790. The molecule has 0 saturated carbocycles. The van der Waals surface area contributed by atoms with Gasteiger partial charge in [0.1, 0.15) is 0 Å². The Morgan fingerprint density at radius 3 is 2.56 bits per heavy atom. The lowest BCUT2D eigenvalue weighted by molar-refractivity contribution is 0.150. The normalized spacial score (nSPS) is 22.4. The van der Waals surface area contributed by atoms with Crippen molar-refractivity contribution in [1.82, 2.24) is 13.9 Å². The Kier molecular flexibility index (Phi) is 2.79. The van der Waals surface area contributed by atoms with Gasteiger partial charge in [-0.05, 0) is 12.3 Å². The first kappa shape index (κ1) is 11.6. The first-order valence-corrected chi connectivity index (χ1v) is 6.86. The minimum absolute atomic E-state index is 0.131. The van der Waals surface area contributed by atoms with Gasteiger partial charge in [0, 0.05) is 25.8 Å². The number of hydrogen-bond donors (Lipinski definition) is 0. The molecule has 0 bridgehead atoms. The second-order valence-corrected chi connectivity index (χ2v) is 6.43. The summed E-state index contributed by atoms with van der Waals surface area (Å²) in [5, 5.41) is 0.153. The molecular formula is C10H17N3O2S. The second-order valence-electron chi connectivity index (χ2n) is 4.59. The molecule has 2 heterocycles. The van der Waals surface area contributed by atoms with Crippen LogP contribution in [0.25, 0.3) is 0 Å². The Morgan fingerprint density at radius 1 is 1.50 bits per heavy atom. The van der Waals surface area contributed by atoms with Crippen LogP contribution in [-0.4, -0.2) is 34.9 Å². The molecule has 1 aliphatic rings. The molecular weight excluding hydrogens is 226 g/mol. The molecule has 1 aromatic rings. The zero-order valence-electron chi connectivity index (χ0n) is 9.79. The summed E-state index contributed by atoms with van der Waals surface area (Å²) in [5.74, 6) is 0.354. The van der Waals surface area contributed by atoms with Crippen LogP contribution in [0.4, 0.5) is 0 Å². The van der Waals surface area contributed by atoms with E-state index in [0.717, 1.165) is 6.42 Å². The highest BCUT2D eigenvalue weighted by atomic mass is 32.2. The molecule has 0 amide bonds. The molecule has 90 valence electrons. The molecule has 1 atom stereocenters. The maximum absolute atomic E-state index is 12.2. The highest BCUT2D eigenvalue weighted by Gasteiger charge is 2.40. The lowest BCUT2D eigenvalue weighted by atomic mass is 9.95. The van der Waals surface area contributed by atoms with Gasteiger partial charge >= 0.3 is 0 Å². The largest absolute Gasteiger partial charge is 0.339 e. The van der Waals surface area contributed by atoms with Crippen LogP contribution in [0.15, 0.2) is 17.6 Å². The minimum atomic E-state index is -3.37. The topological polar surface area (TPSA) is 55.2 Å². The van der Waals surface area contributed by atoms with E-state index in [2.05, 4.69) is 4.98 Å². The van der Waals surface area contributed by atoms with Crippen LogP contribution in [0.5, 0.6) is 0 Å². The molecule has 1 fully saturated rings. The molecule has 0 N–H and O–H groups in total. The molecule has 2 rings (SSSR count). The van der Waals surface area contributed by atoms with Crippen LogP contribution in [0.3, 0.4) is 0 Å². The van der Waals surface area contributed by atoms with E-state index in [0.29, 0.717) is 12.5 Å². The molecule has 1 aromatic heterocycles. The Hall–Kier alpha value is -0.880. The number of hydrogen-bond acceptors (Lipinski definition) is 3. The zero-order chi connectivity index (χ0) is 11.9. The van der Waals surface area contributed by atoms with Crippen molar-refractivity contribution in [2.75, 3.05) is 6.54 Å². The summed E-state index contributed by atoms with van der Waals surface area (Å²) in [6, 6.07) is 0.131. The van der Waals surface area contributed by atoms with Gasteiger partial charge in [-0.1, -0.05) is 13.8 Å². The van der Waals surface area contributed by atoms with Crippen molar-refractivity contribution in [2.45, 2.75) is 31.3 Å². The summed E-state index contributed by atoms with van der Waals surface area (Å²) in [5.41, 5.74) is 0. The predicted molar refractivity (Wildman–Crippen MR) is 60.3 cm³/mol. The maximum atomic E-state index is 12.2. The van der Waals surface area contributed by atoms with E-state index in [1.165, 1.54) is 6.33 Å². The fourth-order valence-electron chi connectivity index (χ4n) is 1.99. The zero-order valence-corrected chi connectivity index (χ0v) is 10.6. The third-order valence-corrected chi connectivity index (χ3v) is 4.85. The lowest BCUT2D eigenvalue weighted by Gasteiger charge is -2.41. The Labute approximate surface area is 96.1 Å². The molecule has 1 aliphatic heterocycles.